The summed E-state index contributed by atoms with van der Waals surface area (Å²) in [6.07, 6.45) is 1.29. The molecule has 0 aromatic rings. The van der Waals surface area contributed by atoms with Crippen LogP contribution in [0.1, 0.15) is 34.1 Å². The molecule has 1 heterocycles. The van der Waals surface area contributed by atoms with E-state index in [0.717, 1.165) is 19.6 Å². The summed E-state index contributed by atoms with van der Waals surface area (Å²) in [7, 11) is 0. The zero-order chi connectivity index (χ0) is 13.0. The Bertz CT molecular complexity index is 245. The van der Waals surface area contributed by atoms with Crippen LogP contribution in [0.15, 0.2) is 0 Å². The van der Waals surface area contributed by atoms with Gasteiger partial charge in [0, 0.05) is 25.7 Å². The number of primary amides is 1. The number of carbonyl (C=O) groups excluding carboxylic acids is 1. The van der Waals surface area contributed by atoms with Crippen LogP contribution in [0.25, 0.3) is 0 Å². The van der Waals surface area contributed by atoms with Crippen LogP contribution < -0.4 is 11.1 Å². The van der Waals surface area contributed by atoms with Crippen molar-refractivity contribution in [2.75, 3.05) is 19.6 Å². The fourth-order valence-corrected chi connectivity index (χ4v) is 2.83. The molecule has 1 fully saturated rings. The summed E-state index contributed by atoms with van der Waals surface area (Å²) in [6, 6.07) is 0.0552. The number of carbonyl (C=O) groups is 1. The fourth-order valence-electron chi connectivity index (χ4n) is 2.83. The Labute approximate surface area is 105 Å². The van der Waals surface area contributed by atoms with E-state index in [9.17, 15) is 4.79 Å². The zero-order valence-corrected chi connectivity index (χ0v) is 11.6. The molecule has 0 aliphatic carbocycles. The van der Waals surface area contributed by atoms with E-state index < -0.39 is 0 Å². The minimum atomic E-state index is -0.246. The molecule has 3 atom stereocenters. The lowest BCUT2D eigenvalue weighted by atomic mass is 9.91. The van der Waals surface area contributed by atoms with Crippen molar-refractivity contribution in [2.24, 2.45) is 17.6 Å². The molecule has 3 unspecified atom stereocenters. The zero-order valence-electron chi connectivity index (χ0n) is 11.6. The topological polar surface area (TPSA) is 58.4 Å². The first kappa shape index (κ1) is 14.5. The van der Waals surface area contributed by atoms with Gasteiger partial charge >= 0.3 is 0 Å². The SMILES string of the molecule is CC1CC(C)CN(CC(NC(C)C)C(N)=O)C1. The summed E-state index contributed by atoms with van der Waals surface area (Å²) in [4.78, 5) is 13.8. The van der Waals surface area contributed by atoms with E-state index in [4.69, 9.17) is 5.73 Å². The molecule has 4 nitrogen and oxygen atoms in total. The smallest absolute Gasteiger partial charge is 0.235 e. The first-order chi connectivity index (χ1) is 7.88. The number of nitrogens with zero attached hydrogens (tertiary/aromatic N) is 1. The van der Waals surface area contributed by atoms with Crippen LogP contribution in [0.2, 0.25) is 0 Å². The molecule has 1 aliphatic heterocycles. The van der Waals surface area contributed by atoms with Crippen LogP contribution in [0, 0.1) is 11.8 Å². The van der Waals surface area contributed by atoms with Gasteiger partial charge < -0.3 is 16.0 Å². The quantitative estimate of drug-likeness (QED) is 0.749. The maximum absolute atomic E-state index is 11.4. The average Bonchev–Trinajstić information content (AvgIpc) is 2.13. The van der Waals surface area contributed by atoms with Crippen molar-refractivity contribution in [1.29, 1.82) is 0 Å². The first-order valence-corrected chi connectivity index (χ1v) is 6.66. The fraction of sp³-hybridized carbons (Fsp3) is 0.923. The van der Waals surface area contributed by atoms with Gasteiger partial charge in [-0.15, -0.1) is 0 Å². The molecule has 4 heteroatoms. The standard InChI is InChI=1S/C13H27N3O/c1-9(2)15-12(13(14)17)8-16-6-10(3)5-11(4)7-16/h9-12,15H,5-8H2,1-4H3,(H2,14,17). The molecule has 17 heavy (non-hydrogen) atoms. The van der Waals surface area contributed by atoms with E-state index in [1.165, 1.54) is 6.42 Å². The third-order valence-corrected chi connectivity index (χ3v) is 3.26. The molecule has 1 rings (SSSR count). The highest BCUT2D eigenvalue weighted by atomic mass is 16.1. The number of amides is 1. The van der Waals surface area contributed by atoms with Crippen molar-refractivity contribution < 1.29 is 4.79 Å². The molecule has 0 spiro atoms. The molecule has 3 N–H and O–H groups in total. The van der Waals surface area contributed by atoms with Crippen LogP contribution in [-0.4, -0.2) is 42.5 Å². The lowest BCUT2D eigenvalue weighted by Gasteiger charge is -2.36. The van der Waals surface area contributed by atoms with E-state index >= 15 is 0 Å². The molecule has 0 bridgehead atoms. The van der Waals surface area contributed by atoms with E-state index in [1.54, 1.807) is 0 Å². The summed E-state index contributed by atoms with van der Waals surface area (Å²) in [6.45, 7) is 11.5. The number of nitrogens with two attached hydrogens (primary N) is 1. The van der Waals surface area contributed by atoms with Crippen LogP contribution in [0.3, 0.4) is 0 Å². The molecule has 1 aliphatic rings. The van der Waals surface area contributed by atoms with Crippen molar-refractivity contribution in [3.63, 3.8) is 0 Å². The number of nitrogens with one attached hydrogen (secondary N) is 1. The highest BCUT2D eigenvalue weighted by Gasteiger charge is 2.26. The Morgan fingerprint density at radius 3 is 2.29 bits per heavy atom. The first-order valence-electron chi connectivity index (χ1n) is 6.66. The van der Waals surface area contributed by atoms with Gasteiger partial charge in [-0.2, -0.15) is 0 Å². The Kier molecular flexibility index (Phi) is 5.40. The second kappa shape index (κ2) is 6.36. The number of piperidine rings is 1. The molecular weight excluding hydrogens is 214 g/mol. The Balaban J connectivity index is 2.51. The van der Waals surface area contributed by atoms with E-state index in [-0.39, 0.29) is 18.0 Å². The summed E-state index contributed by atoms with van der Waals surface area (Å²) in [5, 5.41) is 3.24. The van der Waals surface area contributed by atoms with Gasteiger partial charge in [-0.25, -0.2) is 0 Å². The normalized spacial score (nSPS) is 28.3. The van der Waals surface area contributed by atoms with Gasteiger partial charge in [-0.05, 0) is 18.3 Å². The van der Waals surface area contributed by atoms with Gasteiger partial charge in [0.05, 0.1) is 6.04 Å². The van der Waals surface area contributed by atoms with Crippen molar-refractivity contribution >= 4 is 5.91 Å². The lowest BCUT2D eigenvalue weighted by Crippen LogP contribution is -2.53. The van der Waals surface area contributed by atoms with Gasteiger partial charge in [-0.1, -0.05) is 27.7 Å². The second-order valence-electron chi connectivity index (χ2n) is 5.94. The molecule has 0 aromatic heterocycles. The third-order valence-electron chi connectivity index (χ3n) is 3.26. The summed E-state index contributed by atoms with van der Waals surface area (Å²) in [5.41, 5.74) is 5.44. The third kappa shape index (κ3) is 5.04. The van der Waals surface area contributed by atoms with Crippen LogP contribution >= 0.6 is 0 Å². The molecule has 100 valence electrons. The minimum Gasteiger partial charge on any atom is -0.368 e. The molecule has 0 aromatic carbocycles. The van der Waals surface area contributed by atoms with Crippen LogP contribution in [-0.2, 0) is 4.79 Å². The van der Waals surface area contributed by atoms with Gasteiger partial charge in [0.25, 0.3) is 0 Å². The number of likely N-dealkylation sites (tertiary alicyclic amines) is 1. The highest BCUT2D eigenvalue weighted by molar-refractivity contribution is 5.80. The van der Waals surface area contributed by atoms with Crippen molar-refractivity contribution in [2.45, 2.75) is 46.2 Å². The Morgan fingerprint density at radius 2 is 1.88 bits per heavy atom. The Morgan fingerprint density at radius 1 is 1.35 bits per heavy atom. The highest BCUT2D eigenvalue weighted by Crippen LogP contribution is 2.20. The lowest BCUT2D eigenvalue weighted by molar-refractivity contribution is -0.120. The number of hydrogen-bond acceptors (Lipinski definition) is 3. The molecule has 0 saturated carbocycles. The second-order valence-corrected chi connectivity index (χ2v) is 5.94. The summed E-state index contributed by atoms with van der Waals surface area (Å²) < 4.78 is 0. The molecular formula is C13H27N3O. The van der Waals surface area contributed by atoms with Gasteiger partial charge in [0.2, 0.25) is 5.91 Å². The van der Waals surface area contributed by atoms with E-state index in [2.05, 4.69) is 24.1 Å². The molecule has 1 saturated heterocycles. The van der Waals surface area contributed by atoms with Crippen LogP contribution in [0.4, 0.5) is 0 Å². The van der Waals surface area contributed by atoms with Crippen LogP contribution in [0.5, 0.6) is 0 Å². The van der Waals surface area contributed by atoms with Gasteiger partial charge in [-0.3, -0.25) is 4.79 Å². The monoisotopic (exact) mass is 241 g/mol. The largest absolute Gasteiger partial charge is 0.368 e. The summed E-state index contributed by atoms with van der Waals surface area (Å²) >= 11 is 0. The molecule has 0 radical (unpaired) electrons. The summed E-state index contributed by atoms with van der Waals surface area (Å²) in [5.74, 6) is 1.18. The number of rotatable bonds is 5. The number of hydrogen-bond donors (Lipinski definition) is 2. The predicted octanol–water partition coefficient (Wildman–Crippen LogP) is 0.816. The average molecular weight is 241 g/mol. The van der Waals surface area contributed by atoms with Crippen molar-refractivity contribution in [3.8, 4) is 0 Å². The predicted molar refractivity (Wildman–Crippen MR) is 70.6 cm³/mol. The van der Waals surface area contributed by atoms with Gasteiger partial charge in [0.15, 0.2) is 0 Å². The van der Waals surface area contributed by atoms with E-state index in [1.807, 2.05) is 13.8 Å². The van der Waals surface area contributed by atoms with E-state index in [0.29, 0.717) is 11.8 Å². The maximum atomic E-state index is 11.4. The van der Waals surface area contributed by atoms with Crippen molar-refractivity contribution in [3.05, 3.63) is 0 Å². The Hall–Kier alpha value is -0.610. The minimum absolute atomic E-state index is 0.229. The maximum Gasteiger partial charge on any atom is 0.235 e. The van der Waals surface area contributed by atoms with Crippen molar-refractivity contribution in [1.82, 2.24) is 10.2 Å². The molecule has 1 amide bonds. The van der Waals surface area contributed by atoms with Gasteiger partial charge in [0.1, 0.15) is 0 Å².